The highest BCUT2D eigenvalue weighted by Crippen LogP contribution is 2.27. The number of hydrogen-bond acceptors (Lipinski definition) is 5. The first-order chi connectivity index (χ1) is 11.6. The number of nitrogens with zero attached hydrogens (tertiary/aromatic N) is 3. The van der Waals surface area contributed by atoms with Crippen LogP contribution in [-0.2, 0) is 0 Å². The third kappa shape index (κ3) is 2.45. The number of ether oxygens (including phenoxy) is 1. The van der Waals surface area contributed by atoms with Crippen molar-refractivity contribution in [2.24, 2.45) is 0 Å². The fourth-order valence-electron chi connectivity index (χ4n) is 2.56. The zero-order valence-electron chi connectivity index (χ0n) is 13.3. The minimum atomic E-state index is -0.264. The van der Waals surface area contributed by atoms with Crippen LogP contribution in [0.3, 0.4) is 0 Å². The van der Waals surface area contributed by atoms with Crippen molar-refractivity contribution in [1.29, 1.82) is 0 Å². The second-order valence-corrected chi connectivity index (χ2v) is 6.58. The van der Waals surface area contributed by atoms with E-state index in [4.69, 9.17) is 4.74 Å². The molecule has 4 rings (SSSR count). The van der Waals surface area contributed by atoms with Gasteiger partial charge in [0.05, 0.1) is 10.9 Å². The summed E-state index contributed by atoms with van der Waals surface area (Å²) in [5.74, 6) is 0.815. The number of para-hydroxylation sites is 2. The molecule has 0 aliphatic rings. The van der Waals surface area contributed by atoms with Crippen LogP contribution in [0.5, 0.6) is 5.75 Å². The van der Waals surface area contributed by atoms with Gasteiger partial charge in [-0.3, -0.25) is 4.79 Å². The molecule has 2 aromatic heterocycles. The molecule has 0 saturated heterocycles. The number of aryl methyl sites for hydroxylation is 1. The van der Waals surface area contributed by atoms with Crippen molar-refractivity contribution in [3.8, 4) is 5.75 Å². The van der Waals surface area contributed by atoms with Crippen LogP contribution in [0.2, 0.25) is 0 Å². The highest BCUT2D eigenvalue weighted by atomic mass is 32.1. The molecule has 1 atom stereocenters. The zero-order valence-corrected chi connectivity index (χ0v) is 14.1. The van der Waals surface area contributed by atoms with E-state index in [9.17, 15) is 4.79 Å². The van der Waals surface area contributed by atoms with Crippen LogP contribution in [0.1, 0.15) is 23.6 Å². The lowest BCUT2D eigenvalue weighted by molar-refractivity contribution is 0.223. The van der Waals surface area contributed by atoms with Crippen molar-refractivity contribution < 1.29 is 4.74 Å². The van der Waals surface area contributed by atoms with Gasteiger partial charge in [0.1, 0.15) is 11.9 Å². The van der Waals surface area contributed by atoms with Gasteiger partial charge >= 0.3 is 0 Å². The zero-order chi connectivity index (χ0) is 16.7. The van der Waals surface area contributed by atoms with Crippen LogP contribution in [0.4, 0.5) is 0 Å². The summed E-state index contributed by atoms with van der Waals surface area (Å²) in [7, 11) is 0. The normalized spacial score (nSPS) is 12.6. The molecule has 2 aromatic carbocycles. The largest absolute Gasteiger partial charge is 0.483 e. The molecule has 0 aliphatic carbocycles. The molecule has 0 spiro atoms. The number of aromatic nitrogens is 3. The maximum atomic E-state index is 12.6. The van der Waals surface area contributed by atoms with E-state index in [2.05, 4.69) is 10.1 Å². The predicted molar refractivity (Wildman–Crippen MR) is 94.9 cm³/mol. The smallest absolute Gasteiger partial charge is 0.283 e. The Bertz CT molecular complexity index is 1100. The molecule has 6 heteroatoms. The predicted octanol–water partition coefficient (Wildman–Crippen LogP) is 3.75. The molecule has 4 aromatic rings. The molecule has 2 heterocycles. The lowest BCUT2D eigenvalue weighted by Crippen LogP contribution is -2.15. The Morgan fingerprint density at radius 3 is 2.71 bits per heavy atom. The van der Waals surface area contributed by atoms with Crippen LogP contribution in [0.25, 0.3) is 15.9 Å². The van der Waals surface area contributed by atoms with Gasteiger partial charge in [-0.25, -0.2) is 4.98 Å². The topological polar surface area (TPSA) is 56.5 Å². The molecule has 5 nitrogen and oxygen atoms in total. The Morgan fingerprint density at radius 1 is 1.12 bits per heavy atom. The molecule has 24 heavy (non-hydrogen) atoms. The minimum Gasteiger partial charge on any atom is -0.483 e. The second-order valence-electron chi connectivity index (χ2n) is 5.59. The van der Waals surface area contributed by atoms with Crippen LogP contribution in [0, 0.1) is 6.92 Å². The van der Waals surface area contributed by atoms with E-state index in [1.807, 2.05) is 56.3 Å². The monoisotopic (exact) mass is 337 g/mol. The molecule has 0 bridgehead atoms. The average Bonchev–Trinajstić information content (AvgIpc) is 3.02. The third-order valence-electron chi connectivity index (χ3n) is 3.86. The van der Waals surface area contributed by atoms with E-state index in [0.717, 1.165) is 16.3 Å². The summed E-state index contributed by atoms with van der Waals surface area (Å²) in [5, 5.41) is 5.71. The second kappa shape index (κ2) is 5.72. The Balaban J connectivity index is 1.77. The van der Waals surface area contributed by atoms with Crippen molar-refractivity contribution >= 4 is 27.2 Å². The number of rotatable bonds is 3. The van der Waals surface area contributed by atoms with E-state index >= 15 is 0 Å². The van der Waals surface area contributed by atoms with Gasteiger partial charge in [0, 0.05) is 0 Å². The fourth-order valence-corrected chi connectivity index (χ4v) is 3.44. The molecule has 0 saturated carbocycles. The van der Waals surface area contributed by atoms with E-state index in [0.29, 0.717) is 15.9 Å². The highest BCUT2D eigenvalue weighted by Gasteiger charge is 2.17. The van der Waals surface area contributed by atoms with Gasteiger partial charge in [-0.05, 0) is 37.6 Å². The summed E-state index contributed by atoms with van der Waals surface area (Å²) in [5.41, 5.74) is 1.60. The Morgan fingerprint density at radius 2 is 1.88 bits per heavy atom. The molecule has 0 aliphatic heterocycles. The van der Waals surface area contributed by atoms with Gasteiger partial charge in [0.2, 0.25) is 4.96 Å². The Labute approximate surface area is 142 Å². The number of fused-ring (bicyclic) bond motifs is 2. The molecular formula is C18H15N3O2S. The molecule has 0 amide bonds. The quantitative estimate of drug-likeness (QED) is 0.571. The Kier molecular flexibility index (Phi) is 3.54. The van der Waals surface area contributed by atoms with Crippen LogP contribution < -0.4 is 10.3 Å². The summed E-state index contributed by atoms with van der Waals surface area (Å²) >= 11 is 1.38. The van der Waals surface area contributed by atoms with Crippen molar-refractivity contribution in [1.82, 2.24) is 14.6 Å². The molecular weight excluding hydrogens is 322 g/mol. The highest BCUT2D eigenvalue weighted by molar-refractivity contribution is 7.16. The standard InChI is InChI=1S/C18H15N3O2S/c1-11-7-3-6-10-15(11)23-12(2)16-20-21-17(22)13-8-4-5-9-14(13)19-18(21)24-16/h3-10,12H,1-2H3. The summed E-state index contributed by atoms with van der Waals surface area (Å²) in [4.78, 5) is 17.7. The molecule has 1 unspecified atom stereocenters. The first-order valence-corrected chi connectivity index (χ1v) is 8.46. The van der Waals surface area contributed by atoms with Crippen molar-refractivity contribution in [3.05, 3.63) is 69.5 Å². The lowest BCUT2D eigenvalue weighted by atomic mass is 10.2. The fraction of sp³-hybridized carbons (Fsp3) is 0.167. The molecule has 0 radical (unpaired) electrons. The summed E-state index contributed by atoms with van der Waals surface area (Å²) in [6.45, 7) is 3.92. The van der Waals surface area contributed by atoms with Gasteiger partial charge in [0.15, 0.2) is 5.01 Å². The van der Waals surface area contributed by atoms with E-state index in [-0.39, 0.29) is 11.7 Å². The molecule has 0 N–H and O–H groups in total. The summed E-state index contributed by atoms with van der Waals surface area (Å²) in [6.07, 6.45) is -0.264. The van der Waals surface area contributed by atoms with Crippen LogP contribution >= 0.6 is 11.3 Å². The first kappa shape index (κ1) is 14.8. The van der Waals surface area contributed by atoms with Gasteiger partial charge in [0.25, 0.3) is 5.56 Å². The number of benzene rings is 2. The van der Waals surface area contributed by atoms with E-state index in [1.54, 1.807) is 6.07 Å². The number of hydrogen-bond donors (Lipinski definition) is 0. The first-order valence-electron chi connectivity index (χ1n) is 7.64. The third-order valence-corrected chi connectivity index (χ3v) is 4.93. The maximum absolute atomic E-state index is 12.6. The summed E-state index contributed by atoms with van der Waals surface area (Å²) < 4.78 is 7.36. The molecule has 0 fully saturated rings. The van der Waals surface area contributed by atoms with Crippen LogP contribution in [0.15, 0.2) is 53.3 Å². The van der Waals surface area contributed by atoms with Gasteiger partial charge in [-0.15, -0.1) is 0 Å². The van der Waals surface area contributed by atoms with Gasteiger partial charge in [-0.1, -0.05) is 41.7 Å². The Hall–Kier alpha value is -2.73. The molecule has 120 valence electrons. The van der Waals surface area contributed by atoms with Crippen molar-refractivity contribution in [2.75, 3.05) is 0 Å². The minimum absolute atomic E-state index is 0.152. The SMILES string of the molecule is Cc1ccccc1OC(C)c1nn2c(=O)c3ccccc3nc2s1. The van der Waals surface area contributed by atoms with Crippen molar-refractivity contribution in [3.63, 3.8) is 0 Å². The van der Waals surface area contributed by atoms with Gasteiger partial charge < -0.3 is 4.74 Å². The van der Waals surface area contributed by atoms with Crippen LogP contribution in [-0.4, -0.2) is 14.6 Å². The lowest BCUT2D eigenvalue weighted by Gasteiger charge is -2.13. The van der Waals surface area contributed by atoms with Gasteiger partial charge in [-0.2, -0.15) is 9.61 Å². The van der Waals surface area contributed by atoms with Crippen molar-refractivity contribution in [2.45, 2.75) is 20.0 Å². The van der Waals surface area contributed by atoms with E-state index in [1.165, 1.54) is 15.9 Å². The maximum Gasteiger partial charge on any atom is 0.283 e. The van der Waals surface area contributed by atoms with E-state index < -0.39 is 0 Å². The average molecular weight is 337 g/mol. The summed E-state index contributed by atoms with van der Waals surface area (Å²) in [6, 6.07) is 15.1.